The van der Waals surface area contributed by atoms with Crippen LogP contribution in [-0.4, -0.2) is 46.9 Å². The van der Waals surface area contributed by atoms with Crippen molar-refractivity contribution in [2.75, 3.05) is 13.1 Å². The van der Waals surface area contributed by atoms with Crippen LogP contribution in [0.5, 0.6) is 0 Å². The van der Waals surface area contributed by atoms with Crippen molar-refractivity contribution in [1.29, 1.82) is 0 Å². The van der Waals surface area contributed by atoms with Crippen LogP contribution in [0.4, 0.5) is 4.79 Å². The molecule has 0 saturated heterocycles. The number of aliphatic hydroxyl groups is 1. The smallest absolute Gasteiger partial charge is 0.407 e. The van der Waals surface area contributed by atoms with Gasteiger partial charge in [0, 0.05) is 19.2 Å². The fourth-order valence-corrected chi connectivity index (χ4v) is 1.33. The third kappa shape index (κ3) is 4.44. The van der Waals surface area contributed by atoms with Gasteiger partial charge in [-0.3, -0.25) is 4.79 Å². The van der Waals surface area contributed by atoms with E-state index >= 15 is 0 Å². The second-order valence-electron chi connectivity index (χ2n) is 4.73. The third-order valence-corrected chi connectivity index (χ3v) is 2.03. The number of alkyl carbamates (subject to hydrolysis) is 1. The van der Waals surface area contributed by atoms with E-state index in [-0.39, 0.29) is 19.0 Å². The van der Waals surface area contributed by atoms with Crippen molar-refractivity contribution < 1.29 is 19.4 Å². The summed E-state index contributed by atoms with van der Waals surface area (Å²) < 4.78 is 5.02. The number of nitrogens with zero attached hydrogens (tertiary/aromatic N) is 1. The molecular weight excluding hydrogens is 224 g/mol. The Morgan fingerprint density at radius 1 is 1.59 bits per heavy atom. The average molecular weight is 242 g/mol. The van der Waals surface area contributed by atoms with E-state index in [0.29, 0.717) is 0 Å². The van der Waals surface area contributed by atoms with Gasteiger partial charge >= 0.3 is 6.09 Å². The van der Waals surface area contributed by atoms with Crippen molar-refractivity contribution >= 4 is 12.0 Å². The van der Waals surface area contributed by atoms with Crippen LogP contribution in [0.2, 0.25) is 0 Å². The monoisotopic (exact) mass is 242 g/mol. The molecule has 1 atom stereocenters. The molecule has 1 unspecified atom stereocenters. The molecule has 17 heavy (non-hydrogen) atoms. The van der Waals surface area contributed by atoms with Crippen molar-refractivity contribution in [3.05, 3.63) is 12.2 Å². The molecule has 2 amide bonds. The zero-order valence-corrected chi connectivity index (χ0v) is 10.3. The first-order valence-electron chi connectivity index (χ1n) is 5.43. The topological polar surface area (TPSA) is 78.9 Å². The normalized spacial score (nSPS) is 19.6. The van der Waals surface area contributed by atoms with E-state index in [1.807, 2.05) is 0 Å². The number of hydrogen-bond donors (Lipinski definition) is 2. The SMILES string of the molecule is CC(C)(C)OC(=O)NCCN1C(=O)C=CC1O. The van der Waals surface area contributed by atoms with E-state index in [4.69, 9.17) is 4.74 Å². The van der Waals surface area contributed by atoms with Gasteiger partial charge in [0.1, 0.15) is 11.8 Å². The molecule has 0 saturated carbocycles. The van der Waals surface area contributed by atoms with E-state index in [1.54, 1.807) is 20.8 Å². The Kier molecular flexibility index (Phi) is 4.11. The zero-order valence-electron chi connectivity index (χ0n) is 10.3. The number of carbonyl (C=O) groups excluding carboxylic acids is 2. The molecular formula is C11H18N2O4. The van der Waals surface area contributed by atoms with Crippen LogP contribution in [0, 0.1) is 0 Å². The summed E-state index contributed by atoms with van der Waals surface area (Å²) in [5, 5.41) is 11.9. The number of aliphatic hydroxyl groups excluding tert-OH is 1. The lowest BCUT2D eigenvalue weighted by Gasteiger charge is -2.22. The molecule has 0 aromatic heterocycles. The Morgan fingerprint density at radius 3 is 2.71 bits per heavy atom. The molecule has 0 fully saturated rings. The van der Waals surface area contributed by atoms with Gasteiger partial charge in [-0.15, -0.1) is 0 Å². The van der Waals surface area contributed by atoms with E-state index in [1.165, 1.54) is 17.1 Å². The molecule has 0 aromatic carbocycles. The molecule has 0 bridgehead atoms. The first kappa shape index (κ1) is 13.5. The molecule has 6 heteroatoms. The van der Waals surface area contributed by atoms with E-state index < -0.39 is 17.9 Å². The molecule has 2 N–H and O–H groups in total. The molecule has 0 spiro atoms. The van der Waals surface area contributed by atoms with Gasteiger partial charge in [-0.05, 0) is 26.8 Å². The number of ether oxygens (including phenoxy) is 1. The summed E-state index contributed by atoms with van der Waals surface area (Å²) in [5.74, 6) is -0.261. The average Bonchev–Trinajstić information content (AvgIpc) is 2.46. The number of nitrogens with one attached hydrogen (secondary N) is 1. The maximum absolute atomic E-state index is 11.3. The standard InChI is InChI=1S/C11H18N2O4/c1-11(2,3)17-10(16)12-6-7-13-8(14)4-5-9(13)15/h4-5,8,14H,6-7H2,1-3H3,(H,12,16). The summed E-state index contributed by atoms with van der Waals surface area (Å²) in [6.07, 6.45) is 1.27. The van der Waals surface area contributed by atoms with E-state index in [0.717, 1.165) is 0 Å². The van der Waals surface area contributed by atoms with Crippen molar-refractivity contribution in [1.82, 2.24) is 10.2 Å². The lowest BCUT2D eigenvalue weighted by atomic mass is 10.2. The summed E-state index contributed by atoms with van der Waals surface area (Å²) in [7, 11) is 0. The third-order valence-electron chi connectivity index (χ3n) is 2.03. The van der Waals surface area contributed by atoms with Gasteiger partial charge in [-0.25, -0.2) is 4.79 Å². The van der Waals surface area contributed by atoms with Gasteiger partial charge in [0.15, 0.2) is 0 Å². The molecule has 0 radical (unpaired) electrons. The van der Waals surface area contributed by atoms with Gasteiger partial charge < -0.3 is 20.1 Å². The lowest BCUT2D eigenvalue weighted by molar-refractivity contribution is -0.130. The molecule has 0 aliphatic carbocycles. The predicted octanol–water partition coefficient (Wildman–Crippen LogP) is 0.228. The Labute approximate surface area is 100 Å². The van der Waals surface area contributed by atoms with Crippen molar-refractivity contribution in [3.8, 4) is 0 Å². The van der Waals surface area contributed by atoms with Crippen molar-refractivity contribution in [2.24, 2.45) is 0 Å². The highest BCUT2D eigenvalue weighted by atomic mass is 16.6. The highest BCUT2D eigenvalue weighted by molar-refractivity contribution is 5.90. The van der Waals surface area contributed by atoms with Crippen LogP contribution in [0.25, 0.3) is 0 Å². The van der Waals surface area contributed by atoms with Crippen molar-refractivity contribution in [3.63, 3.8) is 0 Å². The maximum Gasteiger partial charge on any atom is 0.407 e. The molecule has 1 aliphatic rings. The zero-order chi connectivity index (χ0) is 13.1. The second-order valence-corrected chi connectivity index (χ2v) is 4.73. The Morgan fingerprint density at radius 2 is 2.24 bits per heavy atom. The minimum Gasteiger partial charge on any atom is -0.444 e. The van der Waals surface area contributed by atoms with Gasteiger partial charge in [0.25, 0.3) is 0 Å². The highest BCUT2D eigenvalue weighted by Gasteiger charge is 2.23. The van der Waals surface area contributed by atoms with Crippen LogP contribution in [-0.2, 0) is 9.53 Å². The maximum atomic E-state index is 11.3. The van der Waals surface area contributed by atoms with Gasteiger partial charge in [-0.2, -0.15) is 0 Å². The van der Waals surface area contributed by atoms with Crippen LogP contribution in [0.15, 0.2) is 12.2 Å². The number of carbonyl (C=O) groups is 2. The van der Waals surface area contributed by atoms with Gasteiger partial charge in [0.2, 0.25) is 5.91 Å². The predicted molar refractivity (Wildman–Crippen MR) is 61.1 cm³/mol. The van der Waals surface area contributed by atoms with Crippen LogP contribution < -0.4 is 5.32 Å². The van der Waals surface area contributed by atoms with E-state index in [2.05, 4.69) is 5.32 Å². The Balaban J connectivity index is 2.24. The minimum absolute atomic E-state index is 0.236. The minimum atomic E-state index is -0.900. The first-order valence-corrected chi connectivity index (χ1v) is 5.43. The molecule has 1 heterocycles. The highest BCUT2D eigenvalue weighted by Crippen LogP contribution is 2.08. The van der Waals surface area contributed by atoms with Crippen LogP contribution >= 0.6 is 0 Å². The summed E-state index contributed by atoms with van der Waals surface area (Å²) in [6, 6.07) is 0. The first-order chi connectivity index (χ1) is 7.79. The van der Waals surface area contributed by atoms with E-state index in [9.17, 15) is 14.7 Å². The molecule has 96 valence electrons. The largest absolute Gasteiger partial charge is 0.444 e. The Hall–Kier alpha value is -1.56. The summed E-state index contributed by atoms with van der Waals surface area (Å²) in [5.41, 5.74) is -0.547. The fraction of sp³-hybridized carbons (Fsp3) is 0.636. The quantitative estimate of drug-likeness (QED) is 0.742. The Bertz CT molecular complexity index is 333. The summed E-state index contributed by atoms with van der Waals surface area (Å²) >= 11 is 0. The summed E-state index contributed by atoms with van der Waals surface area (Å²) in [6.45, 7) is 5.78. The van der Waals surface area contributed by atoms with Crippen LogP contribution in [0.3, 0.4) is 0 Å². The molecule has 1 aliphatic heterocycles. The number of rotatable bonds is 3. The second kappa shape index (κ2) is 5.18. The number of hydrogen-bond acceptors (Lipinski definition) is 4. The van der Waals surface area contributed by atoms with Gasteiger partial charge in [0.05, 0.1) is 0 Å². The summed E-state index contributed by atoms with van der Waals surface area (Å²) in [4.78, 5) is 23.8. The molecule has 0 aromatic rings. The van der Waals surface area contributed by atoms with Gasteiger partial charge in [-0.1, -0.05) is 0 Å². The lowest BCUT2D eigenvalue weighted by Crippen LogP contribution is -2.41. The number of amides is 2. The van der Waals surface area contributed by atoms with Crippen molar-refractivity contribution in [2.45, 2.75) is 32.6 Å². The fourth-order valence-electron chi connectivity index (χ4n) is 1.33. The van der Waals surface area contributed by atoms with Crippen LogP contribution in [0.1, 0.15) is 20.8 Å². The molecule has 1 rings (SSSR count). The molecule has 6 nitrogen and oxygen atoms in total.